The van der Waals surface area contributed by atoms with E-state index in [1.54, 1.807) is 4.90 Å². The molecule has 2 rings (SSSR count). The molecule has 166 valence electrons. The summed E-state index contributed by atoms with van der Waals surface area (Å²) in [5.74, 6) is 1.45. The van der Waals surface area contributed by atoms with Gasteiger partial charge in [0.2, 0.25) is 0 Å². The number of hydrogen-bond acceptors (Lipinski definition) is 5. The molecule has 0 saturated carbocycles. The number of para-hydroxylation sites is 1. The van der Waals surface area contributed by atoms with E-state index in [9.17, 15) is 9.90 Å². The number of carbonyl (C=O) groups is 1. The highest BCUT2D eigenvalue weighted by Gasteiger charge is 2.10. The van der Waals surface area contributed by atoms with Gasteiger partial charge in [0.25, 0.3) is 5.91 Å². The molecule has 0 aliphatic rings. The van der Waals surface area contributed by atoms with Gasteiger partial charge in [-0.25, -0.2) is 0 Å². The number of nitrogens with zero attached hydrogens (tertiary/aromatic N) is 1. The van der Waals surface area contributed by atoms with Crippen molar-refractivity contribution in [3.8, 4) is 11.5 Å². The molecule has 0 aliphatic heterocycles. The first-order valence-corrected chi connectivity index (χ1v) is 10.2. The van der Waals surface area contributed by atoms with E-state index in [0.717, 1.165) is 24.3 Å². The summed E-state index contributed by atoms with van der Waals surface area (Å²) >= 11 is 0. The van der Waals surface area contributed by atoms with Gasteiger partial charge in [-0.15, -0.1) is 12.4 Å². The van der Waals surface area contributed by atoms with Gasteiger partial charge in [-0.2, -0.15) is 0 Å². The van der Waals surface area contributed by atoms with Crippen LogP contribution in [0.3, 0.4) is 0 Å². The maximum Gasteiger partial charge on any atom is 0.260 e. The van der Waals surface area contributed by atoms with Crippen LogP contribution in [0.4, 0.5) is 0 Å². The third-order valence-electron chi connectivity index (χ3n) is 4.56. The average Bonchev–Trinajstić information content (AvgIpc) is 2.76. The normalized spacial score (nSPS) is 11.3. The number of halogens is 1. The zero-order valence-electron chi connectivity index (χ0n) is 17.8. The minimum atomic E-state index is -0.561. The minimum Gasteiger partial charge on any atom is -0.491 e. The molecule has 0 saturated heterocycles. The lowest BCUT2D eigenvalue weighted by Gasteiger charge is -2.18. The van der Waals surface area contributed by atoms with E-state index in [0.29, 0.717) is 25.4 Å². The highest BCUT2D eigenvalue weighted by Crippen LogP contribution is 2.13. The minimum absolute atomic E-state index is 0. The molecule has 2 aromatic carbocycles. The zero-order valence-corrected chi connectivity index (χ0v) is 18.6. The van der Waals surface area contributed by atoms with Crippen LogP contribution in [0.1, 0.15) is 19.4 Å². The van der Waals surface area contributed by atoms with Crippen molar-refractivity contribution in [1.82, 2.24) is 10.2 Å². The predicted molar refractivity (Wildman–Crippen MR) is 122 cm³/mol. The number of benzene rings is 2. The van der Waals surface area contributed by atoms with Crippen LogP contribution in [0.25, 0.3) is 0 Å². The second kappa shape index (κ2) is 14.7. The van der Waals surface area contributed by atoms with E-state index in [1.165, 1.54) is 0 Å². The van der Waals surface area contributed by atoms with Crippen LogP contribution in [0.5, 0.6) is 11.5 Å². The molecule has 2 N–H and O–H groups in total. The number of hydrogen-bond donors (Lipinski definition) is 2. The largest absolute Gasteiger partial charge is 0.491 e. The van der Waals surface area contributed by atoms with E-state index in [4.69, 9.17) is 9.47 Å². The first-order valence-electron chi connectivity index (χ1n) is 10.2. The van der Waals surface area contributed by atoms with Crippen LogP contribution in [0, 0.1) is 0 Å². The third kappa shape index (κ3) is 9.48. The summed E-state index contributed by atoms with van der Waals surface area (Å²) in [5.41, 5.74) is 1.16. The Bertz CT molecular complexity index is 709. The maximum absolute atomic E-state index is 12.0. The Morgan fingerprint density at radius 1 is 1.00 bits per heavy atom. The summed E-state index contributed by atoms with van der Waals surface area (Å²) in [6.07, 6.45) is 0.277. The molecule has 0 aromatic heterocycles. The summed E-state index contributed by atoms with van der Waals surface area (Å²) < 4.78 is 11.1. The zero-order chi connectivity index (χ0) is 20.9. The number of carbonyl (C=O) groups excluding carboxylic acids is 1. The topological polar surface area (TPSA) is 71.0 Å². The van der Waals surface area contributed by atoms with Gasteiger partial charge in [0.1, 0.15) is 24.2 Å². The van der Waals surface area contributed by atoms with Gasteiger partial charge in [0.15, 0.2) is 6.61 Å². The van der Waals surface area contributed by atoms with Crippen molar-refractivity contribution in [2.45, 2.75) is 26.4 Å². The molecule has 2 aromatic rings. The standard InChI is InChI=1S/C23H32N2O4.ClH/c1-3-25(4-2)23(27)18-29-22-12-10-19(11-13-22)14-15-24-16-20(26)17-28-21-8-6-5-7-9-21;/h5-13,20,24,26H,3-4,14-18H2,1-2H3;1H. The van der Waals surface area contributed by atoms with Crippen molar-refractivity contribution >= 4 is 18.3 Å². The molecule has 0 bridgehead atoms. The van der Waals surface area contributed by atoms with Crippen LogP contribution in [0.2, 0.25) is 0 Å². The first-order chi connectivity index (χ1) is 14.1. The summed E-state index contributed by atoms with van der Waals surface area (Å²) in [4.78, 5) is 13.7. The summed E-state index contributed by atoms with van der Waals surface area (Å²) in [7, 11) is 0. The van der Waals surface area contributed by atoms with Crippen molar-refractivity contribution in [1.29, 1.82) is 0 Å². The Balaban J connectivity index is 0.00000450. The lowest BCUT2D eigenvalue weighted by molar-refractivity contribution is -0.132. The molecule has 6 nitrogen and oxygen atoms in total. The van der Waals surface area contributed by atoms with Crippen molar-refractivity contribution in [3.05, 3.63) is 60.2 Å². The number of rotatable bonds is 13. The van der Waals surface area contributed by atoms with E-state index in [1.807, 2.05) is 68.4 Å². The van der Waals surface area contributed by atoms with Crippen molar-refractivity contribution < 1.29 is 19.4 Å². The maximum atomic E-state index is 12.0. The number of amides is 1. The van der Waals surface area contributed by atoms with Crippen LogP contribution < -0.4 is 14.8 Å². The van der Waals surface area contributed by atoms with Gasteiger partial charge in [-0.05, 0) is 56.6 Å². The Labute approximate surface area is 185 Å². The van der Waals surface area contributed by atoms with Gasteiger partial charge in [0, 0.05) is 19.6 Å². The Morgan fingerprint density at radius 2 is 1.63 bits per heavy atom. The molecule has 1 amide bonds. The van der Waals surface area contributed by atoms with Crippen LogP contribution in [-0.2, 0) is 11.2 Å². The molecular weight excluding hydrogens is 404 g/mol. The Morgan fingerprint density at radius 3 is 2.27 bits per heavy atom. The molecule has 1 atom stereocenters. The van der Waals surface area contributed by atoms with Crippen LogP contribution in [-0.4, -0.2) is 61.4 Å². The molecule has 0 spiro atoms. The van der Waals surface area contributed by atoms with E-state index < -0.39 is 6.10 Å². The molecule has 0 fully saturated rings. The van der Waals surface area contributed by atoms with E-state index >= 15 is 0 Å². The fourth-order valence-electron chi connectivity index (χ4n) is 2.83. The summed E-state index contributed by atoms with van der Waals surface area (Å²) in [6.45, 7) is 6.85. The highest BCUT2D eigenvalue weighted by atomic mass is 35.5. The van der Waals surface area contributed by atoms with Gasteiger partial charge in [-0.1, -0.05) is 30.3 Å². The lowest BCUT2D eigenvalue weighted by atomic mass is 10.1. The van der Waals surface area contributed by atoms with Crippen molar-refractivity contribution in [2.75, 3.05) is 39.4 Å². The molecule has 0 aliphatic carbocycles. The molecular formula is C23H33ClN2O4. The highest BCUT2D eigenvalue weighted by molar-refractivity contribution is 5.85. The van der Waals surface area contributed by atoms with E-state index in [2.05, 4.69) is 5.32 Å². The second-order valence-electron chi connectivity index (χ2n) is 6.73. The van der Waals surface area contributed by atoms with Crippen molar-refractivity contribution in [2.24, 2.45) is 0 Å². The van der Waals surface area contributed by atoms with Gasteiger partial charge >= 0.3 is 0 Å². The number of ether oxygens (including phenoxy) is 2. The molecule has 0 radical (unpaired) electrons. The van der Waals surface area contributed by atoms with Crippen molar-refractivity contribution in [3.63, 3.8) is 0 Å². The Kier molecular flexibility index (Phi) is 12.6. The quantitative estimate of drug-likeness (QED) is 0.472. The number of likely N-dealkylation sites (N-methyl/N-ethyl adjacent to an activating group) is 1. The smallest absolute Gasteiger partial charge is 0.260 e. The lowest BCUT2D eigenvalue weighted by Crippen LogP contribution is -2.34. The average molecular weight is 437 g/mol. The molecule has 7 heteroatoms. The second-order valence-corrected chi connectivity index (χ2v) is 6.73. The third-order valence-corrected chi connectivity index (χ3v) is 4.56. The number of nitrogens with one attached hydrogen (secondary N) is 1. The monoisotopic (exact) mass is 436 g/mol. The number of aliphatic hydroxyl groups excluding tert-OH is 1. The van der Waals surface area contributed by atoms with Gasteiger partial charge < -0.3 is 24.8 Å². The molecule has 30 heavy (non-hydrogen) atoms. The molecule has 0 heterocycles. The SMILES string of the molecule is CCN(CC)C(=O)COc1ccc(CCNCC(O)COc2ccccc2)cc1.Cl. The predicted octanol–water partition coefficient (Wildman–Crippen LogP) is 2.93. The Hall–Kier alpha value is -2.28. The fourth-order valence-corrected chi connectivity index (χ4v) is 2.83. The summed E-state index contributed by atoms with van der Waals surface area (Å²) in [6, 6.07) is 17.2. The summed E-state index contributed by atoms with van der Waals surface area (Å²) in [5, 5.41) is 13.2. The fraction of sp³-hybridized carbons (Fsp3) is 0.435. The number of aliphatic hydroxyl groups is 1. The van der Waals surface area contributed by atoms with Gasteiger partial charge in [0.05, 0.1) is 0 Å². The van der Waals surface area contributed by atoms with Gasteiger partial charge in [-0.3, -0.25) is 4.79 Å². The first kappa shape index (κ1) is 25.8. The van der Waals surface area contributed by atoms with Crippen LogP contribution >= 0.6 is 12.4 Å². The van der Waals surface area contributed by atoms with Crippen LogP contribution in [0.15, 0.2) is 54.6 Å². The van der Waals surface area contributed by atoms with E-state index in [-0.39, 0.29) is 31.5 Å². The molecule has 1 unspecified atom stereocenters.